The normalized spacial score (nSPS) is 13.0. The van der Waals surface area contributed by atoms with E-state index in [1.54, 1.807) is 0 Å². The van der Waals surface area contributed by atoms with E-state index in [-0.39, 0.29) is 11.4 Å². The quantitative estimate of drug-likeness (QED) is 0.828. The fraction of sp³-hybridized carbons (Fsp3) is 0.333. The van der Waals surface area contributed by atoms with Crippen molar-refractivity contribution >= 4 is 21.4 Å². The van der Waals surface area contributed by atoms with Gasteiger partial charge in [0.1, 0.15) is 5.75 Å². The van der Waals surface area contributed by atoms with Crippen LogP contribution in [0.1, 0.15) is 19.4 Å². The molecule has 0 aliphatic rings. The van der Waals surface area contributed by atoms with E-state index in [9.17, 15) is 21.6 Å². The molecule has 2 rings (SSSR count). The van der Waals surface area contributed by atoms with Gasteiger partial charge >= 0.3 is 6.36 Å². The number of ether oxygens (including phenoxy) is 1. The number of nitrogens with one attached hydrogen (secondary N) is 1. The standard InChI is InChI=1S/C15H16F3NO3S2/c1-14(2,11-7-8-23-9-11)10-19-24(20,21)13-5-3-12(4-6-13)22-15(16,17)18/h3-9,19H,10H2,1-2H3. The van der Waals surface area contributed by atoms with Crippen molar-refractivity contribution in [3.63, 3.8) is 0 Å². The molecule has 0 amide bonds. The molecule has 24 heavy (non-hydrogen) atoms. The summed E-state index contributed by atoms with van der Waals surface area (Å²) >= 11 is 1.52. The van der Waals surface area contributed by atoms with Crippen molar-refractivity contribution in [1.29, 1.82) is 0 Å². The molecule has 4 nitrogen and oxygen atoms in total. The monoisotopic (exact) mass is 379 g/mol. The first-order chi connectivity index (χ1) is 11.0. The lowest BCUT2D eigenvalue weighted by Crippen LogP contribution is -2.36. The Morgan fingerprint density at radius 3 is 2.25 bits per heavy atom. The summed E-state index contributed by atoms with van der Waals surface area (Å²) in [5.74, 6) is -0.472. The van der Waals surface area contributed by atoms with Crippen LogP contribution in [-0.4, -0.2) is 21.3 Å². The Kier molecular flexibility index (Phi) is 5.26. The summed E-state index contributed by atoms with van der Waals surface area (Å²) in [6.07, 6.45) is -4.82. The number of thiophene rings is 1. The Labute approximate surface area is 142 Å². The van der Waals surface area contributed by atoms with Crippen molar-refractivity contribution in [1.82, 2.24) is 4.72 Å². The first kappa shape index (κ1) is 18.8. The lowest BCUT2D eigenvalue weighted by molar-refractivity contribution is -0.274. The molecular formula is C15H16F3NO3S2. The van der Waals surface area contributed by atoms with Crippen LogP contribution in [0.4, 0.5) is 13.2 Å². The maximum Gasteiger partial charge on any atom is 0.573 e. The van der Waals surface area contributed by atoms with Gasteiger partial charge in [0.15, 0.2) is 0 Å². The van der Waals surface area contributed by atoms with Crippen LogP contribution in [0.15, 0.2) is 46.0 Å². The summed E-state index contributed by atoms with van der Waals surface area (Å²) in [4.78, 5) is -0.127. The van der Waals surface area contributed by atoms with Crippen molar-refractivity contribution in [2.24, 2.45) is 0 Å². The van der Waals surface area contributed by atoms with Crippen LogP contribution in [0.5, 0.6) is 5.75 Å². The molecule has 0 radical (unpaired) electrons. The van der Waals surface area contributed by atoms with E-state index in [2.05, 4.69) is 9.46 Å². The van der Waals surface area contributed by atoms with Gasteiger partial charge in [-0.3, -0.25) is 0 Å². The van der Waals surface area contributed by atoms with Gasteiger partial charge in [-0.05, 0) is 46.7 Å². The molecule has 1 N–H and O–H groups in total. The first-order valence-corrected chi connectivity index (χ1v) is 9.30. The molecule has 0 unspecified atom stereocenters. The second kappa shape index (κ2) is 6.73. The zero-order chi connectivity index (χ0) is 18.0. The van der Waals surface area contributed by atoms with E-state index >= 15 is 0 Å². The van der Waals surface area contributed by atoms with Gasteiger partial charge in [0.25, 0.3) is 0 Å². The highest BCUT2D eigenvalue weighted by atomic mass is 32.2. The van der Waals surface area contributed by atoms with Crippen LogP contribution >= 0.6 is 11.3 Å². The molecule has 0 saturated heterocycles. The summed E-state index contributed by atoms with van der Waals surface area (Å²) in [7, 11) is -3.83. The van der Waals surface area contributed by atoms with Gasteiger partial charge in [0.05, 0.1) is 4.90 Å². The van der Waals surface area contributed by atoms with Gasteiger partial charge in [-0.25, -0.2) is 13.1 Å². The Balaban J connectivity index is 2.08. The Morgan fingerprint density at radius 1 is 1.12 bits per heavy atom. The minimum absolute atomic E-state index is 0.127. The third-order valence-electron chi connectivity index (χ3n) is 3.37. The molecule has 0 fully saturated rings. The summed E-state index contributed by atoms with van der Waals surface area (Å²) in [6, 6.07) is 5.99. The third kappa shape index (κ3) is 4.96. The molecule has 0 aliphatic heterocycles. The maximum absolute atomic E-state index is 12.3. The van der Waals surface area contributed by atoms with Gasteiger partial charge in [-0.15, -0.1) is 13.2 Å². The number of halogens is 3. The van der Waals surface area contributed by atoms with Crippen molar-refractivity contribution in [3.05, 3.63) is 46.7 Å². The Bertz CT molecular complexity index is 767. The highest BCUT2D eigenvalue weighted by Gasteiger charge is 2.31. The molecule has 132 valence electrons. The smallest absolute Gasteiger partial charge is 0.406 e. The highest BCUT2D eigenvalue weighted by molar-refractivity contribution is 7.89. The number of benzene rings is 1. The second-order valence-electron chi connectivity index (χ2n) is 5.74. The summed E-state index contributed by atoms with van der Waals surface area (Å²) < 4.78 is 67.1. The maximum atomic E-state index is 12.3. The first-order valence-electron chi connectivity index (χ1n) is 6.88. The van der Waals surface area contributed by atoms with Gasteiger partial charge in [-0.2, -0.15) is 11.3 Å². The van der Waals surface area contributed by atoms with Gasteiger partial charge in [-0.1, -0.05) is 13.8 Å². The predicted molar refractivity (Wildman–Crippen MR) is 85.7 cm³/mol. The van der Waals surface area contributed by atoms with E-state index in [1.807, 2.05) is 30.7 Å². The van der Waals surface area contributed by atoms with Gasteiger partial charge < -0.3 is 4.74 Å². The highest BCUT2D eigenvalue weighted by Crippen LogP contribution is 2.26. The van der Waals surface area contributed by atoms with Crippen LogP contribution in [0, 0.1) is 0 Å². The van der Waals surface area contributed by atoms with Crippen molar-refractivity contribution in [3.8, 4) is 5.75 Å². The Hall–Kier alpha value is -1.58. The molecule has 1 aromatic carbocycles. The molecule has 2 aromatic rings. The topological polar surface area (TPSA) is 55.4 Å². The Morgan fingerprint density at radius 2 is 1.75 bits per heavy atom. The zero-order valence-electron chi connectivity index (χ0n) is 12.9. The summed E-state index contributed by atoms with van der Waals surface area (Å²) in [6.45, 7) is 3.96. The number of sulfonamides is 1. The average molecular weight is 379 g/mol. The average Bonchev–Trinajstić information content (AvgIpc) is 2.99. The molecular weight excluding hydrogens is 363 g/mol. The number of hydrogen-bond acceptors (Lipinski definition) is 4. The van der Waals surface area contributed by atoms with Crippen molar-refractivity contribution < 1.29 is 26.3 Å². The third-order valence-corrected chi connectivity index (χ3v) is 5.47. The SMILES string of the molecule is CC(C)(CNS(=O)(=O)c1ccc(OC(F)(F)F)cc1)c1ccsc1. The van der Waals surface area contributed by atoms with Gasteiger partial charge in [0, 0.05) is 12.0 Å². The van der Waals surface area contributed by atoms with E-state index < -0.39 is 27.6 Å². The van der Waals surface area contributed by atoms with E-state index in [1.165, 1.54) is 11.3 Å². The van der Waals surface area contributed by atoms with Crippen LogP contribution in [0.3, 0.4) is 0 Å². The van der Waals surface area contributed by atoms with Crippen LogP contribution in [-0.2, 0) is 15.4 Å². The number of alkyl halides is 3. The molecule has 0 aliphatic carbocycles. The molecule has 1 heterocycles. The number of hydrogen-bond donors (Lipinski definition) is 1. The lowest BCUT2D eigenvalue weighted by atomic mass is 9.87. The van der Waals surface area contributed by atoms with E-state index in [0.717, 1.165) is 29.8 Å². The van der Waals surface area contributed by atoms with E-state index in [0.29, 0.717) is 0 Å². The molecule has 1 aromatic heterocycles. The zero-order valence-corrected chi connectivity index (χ0v) is 14.6. The number of rotatable bonds is 6. The molecule has 0 bridgehead atoms. The molecule has 0 spiro atoms. The summed E-state index contributed by atoms with van der Waals surface area (Å²) in [5, 5.41) is 3.85. The fourth-order valence-corrected chi connectivity index (χ4v) is 3.99. The fourth-order valence-electron chi connectivity index (χ4n) is 1.93. The predicted octanol–water partition coefficient (Wildman–Crippen LogP) is 3.90. The van der Waals surface area contributed by atoms with Crippen molar-refractivity contribution in [2.45, 2.75) is 30.5 Å². The minimum Gasteiger partial charge on any atom is -0.406 e. The minimum atomic E-state index is -4.82. The molecule has 0 atom stereocenters. The molecule has 0 saturated carbocycles. The van der Waals surface area contributed by atoms with Crippen molar-refractivity contribution in [2.75, 3.05) is 6.54 Å². The van der Waals surface area contributed by atoms with Crippen LogP contribution in [0.2, 0.25) is 0 Å². The van der Waals surface area contributed by atoms with Crippen LogP contribution < -0.4 is 9.46 Å². The largest absolute Gasteiger partial charge is 0.573 e. The van der Waals surface area contributed by atoms with E-state index in [4.69, 9.17) is 0 Å². The van der Waals surface area contributed by atoms with Gasteiger partial charge in [0.2, 0.25) is 10.0 Å². The molecule has 9 heteroatoms. The van der Waals surface area contributed by atoms with Crippen LogP contribution in [0.25, 0.3) is 0 Å². The second-order valence-corrected chi connectivity index (χ2v) is 8.29. The summed E-state index contributed by atoms with van der Waals surface area (Å²) in [5.41, 5.74) is 0.594. The lowest BCUT2D eigenvalue weighted by Gasteiger charge is -2.24.